The van der Waals surface area contributed by atoms with E-state index in [0.717, 1.165) is 57.7 Å². The van der Waals surface area contributed by atoms with Gasteiger partial charge in [-0.25, -0.2) is 8.42 Å². The highest BCUT2D eigenvalue weighted by molar-refractivity contribution is 14.0. The first kappa shape index (κ1) is 23.7. The molecule has 1 amide bonds. The summed E-state index contributed by atoms with van der Waals surface area (Å²) in [6.07, 6.45) is 8.52. The summed E-state index contributed by atoms with van der Waals surface area (Å²) in [4.78, 5) is 19.3. The van der Waals surface area contributed by atoms with Crippen LogP contribution < -0.4 is 10.6 Å². The maximum atomic E-state index is 12.6. The van der Waals surface area contributed by atoms with Crippen LogP contribution in [0.4, 0.5) is 0 Å². The second-order valence-corrected chi connectivity index (χ2v) is 10.8. The van der Waals surface area contributed by atoms with Crippen molar-refractivity contribution in [2.24, 2.45) is 16.3 Å². The topological polar surface area (TPSA) is 90.9 Å². The van der Waals surface area contributed by atoms with Crippen molar-refractivity contribution in [2.45, 2.75) is 57.9 Å². The third-order valence-corrected chi connectivity index (χ3v) is 7.12. The van der Waals surface area contributed by atoms with Crippen LogP contribution in [0.25, 0.3) is 0 Å². The number of aliphatic imine (C=N–C) groups is 1. The van der Waals surface area contributed by atoms with Crippen LogP contribution in [0.1, 0.15) is 51.9 Å². The molecule has 0 radical (unpaired) electrons. The van der Waals surface area contributed by atoms with Crippen LogP contribution in [-0.4, -0.2) is 69.4 Å². The Hall–Kier alpha value is -0.580. The molecule has 2 aliphatic carbocycles. The molecule has 9 heteroatoms. The average Bonchev–Trinajstić information content (AvgIpc) is 3.04. The SMILES string of the molecule is CCNC(=NCC1(CS(C)(=O)=O)CC1)NC1CCN(C(=O)C2CCCC2)C1.I. The lowest BCUT2D eigenvalue weighted by atomic mass is 10.1. The lowest BCUT2D eigenvalue weighted by molar-refractivity contribution is -0.134. The highest BCUT2D eigenvalue weighted by Gasteiger charge is 2.45. The van der Waals surface area contributed by atoms with Crippen molar-refractivity contribution >= 4 is 45.7 Å². The highest BCUT2D eigenvalue weighted by atomic mass is 127. The monoisotopic (exact) mass is 526 g/mol. The minimum Gasteiger partial charge on any atom is -0.357 e. The molecule has 28 heavy (non-hydrogen) atoms. The van der Waals surface area contributed by atoms with E-state index >= 15 is 0 Å². The van der Waals surface area contributed by atoms with Gasteiger partial charge in [-0.2, -0.15) is 0 Å². The van der Waals surface area contributed by atoms with Crippen molar-refractivity contribution in [1.29, 1.82) is 0 Å². The van der Waals surface area contributed by atoms with Crippen LogP contribution in [0.15, 0.2) is 4.99 Å². The van der Waals surface area contributed by atoms with Gasteiger partial charge in [-0.15, -0.1) is 24.0 Å². The third kappa shape index (κ3) is 6.74. The second-order valence-electron chi connectivity index (χ2n) is 8.66. The van der Waals surface area contributed by atoms with E-state index in [1.54, 1.807) is 0 Å². The Morgan fingerprint density at radius 1 is 1.21 bits per heavy atom. The zero-order chi connectivity index (χ0) is 19.5. The molecule has 2 N–H and O–H groups in total. The normalized spacial score (nSPS) is 24.7. The molecule has 3 rings (SSSR count). The molecule has 1 atom stereocenters. The predicted octanol–water partition coefficient (Wildman–Crippen LogP) is 1.78. The molecular weight excluding hydrogens is 491 g/mol. The number of carbonyl (C=O) groups excluding carboxylic acids is 1. The number of carbonyl (C=O) groups is 1. The summed E-state index contributed by atoms with van der Waals surface area (Å²) >= 11 is 0. The fourth-order valence-electron chi connectivity index (χ4n) is 4.35. The number of hydrogen-bond donors (Lipinski definition) is 2. The van der Waals surface area contributed by atoms with E-state index in [2.05, 4.69) is 15.6 Å². The Balaban J connectivity index is 0.00000280. The summed E-state index contributed by atoms with van der Waals surface area (Å²) < 4.78 is 23.3. The molecule has 1 heterocycles. The second kappa shape index (κ2) is 9.95. The van der Waals surface area contributed by atoms with Gasteiger partial charge in [-0.1, -0.05) is 12.8 Å². The Morgan fingerprint density at radius 2 is 1.89 bits per heavy atom. The lowest BCUT2D eigenvalue weighted by Gasteiger charge is -2.22. The molecule has 1 aliphatic heterocycles. The van der Waals surface area contributed by atoms with Crippen LogP contribution in [-0.2, 0) is 14.6 Å². The van der Waals surface area contributed by atoms with Gasteiger partial charge in [-0.3, -0.25) is 9.79 Å². The van der Waals surface area contributed by atoms with E-state index < -0.39 is 9.84 Å². The van der Waals surface area contributed by atoms with Crippen LogP contribution in [0, 0.1) is 11.3 Å². The first-order valence-electron chi connectivity index (χ1n) is 10.3. The molecule has 7 nitrogen and oxygen atoms in total. The molecule has 2 saturated carbocycles. The van der Waals surface area contributed by atoms with Gasteiger partial charge in [0.2, 0.25) is 5.91 Å². The Morgan fingerprint density at radius 3 is 2.46 bits per heavy atom. The van der Waals surface area contributed by atoms with Crippen molar-refractivity contribution in [3.05, 3.63) is 0 Å². The van der Waals surface area contributed by atoms with Gasteiger partial charge >= 0.3 is 0 Å². The number of nitrogens with one attached hydrogen (secondary N) is 2. The Labute approximate surface area is 186 Å². The fraction of sp³-hybridized carbons (Fsp3) is 0.895. The number of halogens is 1. The van der Waals surface area contributed by atoms with Crippen molar-refractivity contribution in [3.63, 3.8) is 0 Å². The van der Waals surface area contributed by atoms with E-state index in [1.807, 2.05) is 11.8 Å². The summed E-state index contributed by atoms with van der Waals surface area (Å²) in [6.45, 7) is 4.85. The van der Waals surface area contributed by atoms with E-state index in [4.69, 9.17) is 0 Å². The molecule has 3 aliphatic rings. The summed E-state index contributed by atoms with van der Waals surface area (Å²) in [6, 6.07) is 0.207. The van der Waals surface area contributed by atoms with Gasteiger partial charge in [0, 0.05) is 49.8 Å². The minimum absolute atomic E-state index is 0. The molecule has 0 aromatic rings. The maximum Gasteiger partial charge on any atom is 0.225 e. The Bertz CT molecular complexity index is 673. The van der Waals surface area contributed by atoms with E-state index in [0.29, 0.717) is 12.5 Å². The molecule has 1 saturated heterocycles. The van der Waals surface area contributed by atoms with E-state index in [-0.39, 0.29) is 47.1 Å². The summed E-state index contributed by atoms with van der Waals surface area (Å²) in [7, 11) is -2.98. The van der Waals surface area contributed by atoms with Gasteiger partial charge in [-0.05, 0) is 39.0 Å². The molecule has 1 unspecified atom stereocenters. The minimum atomic E-state index is -2.98. The van der Waals surface area contributed by atoms with Gasteiger partial charge in [0.15, 0.2) is 5.96 Å². The number of hydrogen-bond acceptors (Lipinski definition) is 4. The predicted molar refractivity (Wildman–Crippen MR) is 123 cm³/mol. The smallest absolute Gasteiger partial charge is 0.225 e. The van der Waals surface area contributed by atoms with Crippen LogP contribution >= 0.6 is 24.0 Å². The summed E-state index contributed by atoms with van der Waals surface area (Å²) in [5.74, 6) is 1.51. The van der Waals surface area contributed by atoms with Crippen molar-refractivity contribution in [2.75, 3.05) is 38.2 Å². The quantitative estimate of drug-likeness (QED) is 0.300. The zero-order valence-corrected chi connectivity index (χ0v) is 20.2. The number of likely N-dealkylation sites (tertiary alicyclic amines) is 1. The maximum absolute atomic E-state index is 12.6. The molecule has 0 aromatic heterocycles. The number of nitrogens with zero attached hydrogens (tertiary/aromatic N) is 2. The van der Waals surface area contributed by atoms with Gasteiger partial charge in [0.05, 0.1) is 5.75 Å². The standard InChI is InChI=1S/C19H34N4O3S.HI/c1-3-20-18(21-13-19(9-10-19)14-27(2,25)26)22-16-8-11-23(12-16)17(24)15-6-4-5-7-15;/h15-16H,3-14H2,1-2H3,(H2,20,21,22);1H. The number of rotatable bonds is 7. The molecule has 0 bridgehead atoms. The highest BCUT2D eigenvalue weighted by Crippen LogP contribution is 2.46. The van der Waals surface area contributed by atoms with Crippen LogP contribution in [0.5, 0.6) is 0 Å². The first-order valence-corrected chi connectivity index (χ1v) is 12.4. The molecule has 3 fully saturated rings. The summed E-state index contributed by atoms with van der Waals surface area (Å²) in [5, 5.41) is 6.71. The average molecular weight is 526 g/mol. The van der Waals surface area contributed by atoms with E-state index in [9.17, 15) is 13.2 Å². The molecule has 0 spiro atoms. The molecular formula is C19H35IN4O3S. The summed E-state index contributed by atoms with van der Waals surface area (Å²) in [5.41, 5.74) is -0.171. The molecule has 0 aromatic carbocycles. The Kier molecular flexibility index (Phi) is 8.42. The largest absolute Gasteiger partial charge is 0.357 e. The van der Waals surface area contributed by atoms with Crippen molar-refractivity contribution in [3.8, 4) is 0 Å². The number of amides is 1. The number of guanidine groups is 1. The zero-order valence-electron chi connectivity index (χ0n) is 17.1. The first-order chi connectivity index (χ1) is 12.8. The lowest BCUT2D eigenvalue weighted by Crippen LogP contribution is -2.45. The van der Waals surface area contributed by atoms with Crippen molar-refractivity contribution < 1.29 is 13.2 Å². The van der Waals surface area contributed by atoms with Gasteiger partial charge in [0.1, 0.15) is 9.84 Å². The van der Waals surface area contributed by atoms with Gasteiger partial charge in [0.25, 0.3) is 0 Å². The number of sulfone groups is 1. The van der Waals surface area contributed by atoms with E-state index in [1.165, 1.54) is 19.1 Å². The third-order valence-electron chi connectivity index (χ3n) is 5.99. The van der Waals surface area contributed by atoms with Crippen molar-refractivity contribution in [1.82, 2.24) is 15.5 Å². The molecule has 162 valence electrons. The fourth-order valence-corrected chi connectivity index (χ4v) is 5.84. The van der Waals surface area contributed by atoms with Crippen LogP contribution in [0.3, 0.4) is 0 Å². The van der Waals surface area contributed by atoms with Gasteiger partial charge < -0.3 is 15.5 Å². The van der Waals surface area contributed by atoms with Crippen LogP contribution in [0.2, 0.25) is 0 Å².